The molecule has 2 aromatic rings. The van der Waals surface area contributed by atoms with Gasteiger partial charge >= 0.3 is 5.97 Å². The van der Waals surface area contributed by atoms with Gasteiger partial charge in [0, 0.05) is 6.42 Å². The van der Waals surface area contributed by atoms with E-state index < -0.39 is 17.4 Å². The number of nitrogens with one attached hydrogen (secondary N) is 1. The molecule has 1 atom stereocenters. The topological polar surface area (TPSA) is 92.1 Å². The highest BCUT2D eigenvalue weighted by Crippen LogP contribution is 2.39. The molecule has 1 aromatic heterocycles. The number of carbonyl (C=O) groups excluding carboxylic acids is 2. The Hall–Kier alpha value is -2.46. The number of hydrogen-bond acceptors (Lipinski definition) is 6. The number of aryl methyl sites for hydroxylation is 1. The van der Waals surface area contributed by atoms with Crippen molar-refractivity contribution in [3.05, 3.63) is 29.3 Å². The predicted octanol–water partition coefficient (Wildman–Crippen LogP) is 2.58. The van der Waals surface area contributed by atoms with E-state index in [1.807, 2.05) is 24.3 Å². The number of thiazole rings is 1. The van der Waals surface area contributed by atoms with Gasteiger partial charge in [-0.05, 0) is 37.8 Å². The molecule has 1 N–H and O–H groups in total. The van der Waals surface area contributed by atoms with Crippen molar-refractivity contribution in [2.24, 2.45) is 5.92 Å². The molecule has 0 bridgehead atoms. The van der Waals surface area contributed by atoms with Crippen LogP contribution in [0.1, 0.15) is 31.2 Å². The Morgan fingerprint density at radius 1 is 1.44 bits per heavy atom. The molecule has 1 amide bonds. The Labute approximate surface area is 149 Å². The molecule has 1 aromatic carbocycles. The summed E-state index contributed by atoms with van der Waals surface area (Å²) >= 11 is 1.55. The number of amides is 1. The van der Waals surface area contributed by atoms with Crippen LogP contribution < -0.4 is 5.32 Å². The van der Waals surface area contributed by atoms with Gasteiger partial charge in [0.05, 0.1) is 27.7 Å². The summed E-state index contributed by atoms with van der Waals surface area (Å²) < 4.78 is 6.09. The van der Waals surface area contributed by atoms with Gasteiger partial charge in [0.2, 0.25) is 0 Å². The lowest BCUT2D eigenvalue weighted by Gasteiger charge is -2.22. The summed E-state index contributed by atoms with van der Waals surface area (Å²) in [5.41, 5.74) is 0.0518. The number of esters is 1. The SMILES string of the molecule is C[C@@](C#N)(NC(=O)COC(=O)CCc1nc2ccccc2s1)C1CC1. The summed E-state index contributed by atoms with van der Waals surface area (Å²) in [4.78, 5) is 28.2. The highest BCUT2D eigenvalue weighted by Gasteiger charge is 2.43. The summed E-state index contributed by atoms with van der Waals surface area (Å²) in [5.74, 6) is -0.694. The Kier molecular flexibility index (Phi) is 5.00. The summed E-state index contributed by atoms with van der Waals surface area (Å²) in [5, 5.41) is 12.7. The number of hydrogen-bond donors (Lipinski definition) is 1. The van der Waals surface area contributed by atoms with E-state index in [9.17, 15) is 14.9 Å². The van der Waals surface area contributed by atoms with Crippen LogP contribution in [0, 0.1) is 17.2 Å². The Morgan fingerprint density at radius 2 is 2.20 bits per heavy atom. The van der Waals surface area contributed by atoms with Crippen LogP contribution in [0.2, 0.25) is 0 Å². The molecule has 1 aliphatic rings. The van der Waals surface area contributed by atoms with Gasteiger partial charge in [-0.2, -0.15) is 5.26 Å². The first-order valence-electron chi connectivity index (χ1n) is 8.22. The molecule has 3 rings (SSSR count). The van der Waals surface area contributed by atoms with Crippen molar-refractivity contribution >= 4 is 33.4 Å². The van der Waals surface area contributed by atoms with E-state index in [0.717, 1.165) is 28.1 Å². The number of para-hydroxylation sites is 1. The number of benzene rings is 1. The van der Waals surface area contributed by atoms with Gasteiger partial charge in [0.1, 0.15) is 5.54 Å². The largest absolute Gasteiger partial charge is 0.456 e. The third-order valence-electron chi connectivity index (χ3n) is 4.27. The predicted molar refractivity (Wildman–Crippen MR) is 93.8 cm³/mol. The maximum Gasteiger partial charge on any atom is 0.306 e. The minimum absolute atomic E-state index is 0.172. The lowest BCUT2D eigenvalue weighted by molar-refractivity contribution is -0.148. The molecule has 130 valence electrons. The fraction of sp³-hybridized carbons (Fsp3) is 0.444. The minimum Gasteiger partial charge on any atom is -0.456 e. The zero-order valence-electron chi connectivity index (χ0n) is 13.9. The van der Waals surface area contributed by atoms with Crippen molar-refractivity contribution in [3.8, 4) is 6.07 Å². The van der Waals surface area contributed by atoms with Crippen LogP contribution >= 0.6 is 11.3 Å². The molecule has 0 radical (unpaired) electrons. The summed E-state index contributed by atoms with van der Waals surface area (Å²) in [6.07, 6.45) is 2.53. The van der Waals surface area contributed by atoms with Gasteiger partial charge in [-0.15, -0.1) is 11.3 Å². The number of nitrogens with zero attached hydrogens (tertiary/aromatic N) is 2. The number of aromatic nitrogens is 1. The molecule has 0 unspecified atom stereocenters. The summed E-state index contributed by atoms with van der Waals surface area (Å²) in [7, 11) is 0. The fourth-order valence-corrected chi connectivity index (χ4v) is 3.63. The summed E-state index contributed by atoms with van der Waals surface area (Å²) in [6.45, 7) is 1.35. The molecule has 25 heavy (non-hydrogen) atoms. The van der Waals surface area contributed by atoms with Crippen molar-refractivity contribution in [2.75, 3.05) is 6.61 Å². The first kappa shape index (κ1) is 17.4. The molecule has 0 aliphatic heterocycles. The normalized spacial score (nSPS) is 16.0. The molecule has 0 spiro atoms. The Bertz CT molecular complexity index is 804. The third-order valence-corrected chi connectivity index (χ3v) is 5.37. The minimum atomic E-state index is -0.871. The van der Waals surface area contributed by atoms with Gasteiger partial charge in [-0.25, -0.2) is 4.98 Å². The molecular formula is C18H19N3O3S. The number of fused-ring (bicyclic) bond motifs is 1. The second-order valence-corrected chi connectivity index (χ2v) is 7.49. The molecule has 0 saturated heterocycles. The quantitative estimate of drug-likeness (QED) is 0.769. The van der Waals surface area contributed by atoms with Crippen molar-refractivity contribution in [3.63, 3.8) is 0 Å². The van der Waals surface area contributed by atoms with Crippen LogP contribution in [-0.4, -0.2) is 29.0 Å². The van der Waals surface area contributed by atoms with E-state index in [4.69, 9.17) is 4.74 Å². The first-order valence-corrected chi connectivity index (χ1v) is 9.04. The average Bonchev–Trinajstić information content (AvgIpc) is 3.38. The maximum absolute atomic E-state index is 11.9. The molecule has 1 heterocycles. The van der Waals surface area contributed by atoms with Crippen LogP contribution in [0.5, 0.6) is 0 Å². The molecule has 1 aliphatic carbocycles. The van der Waals surface area contributed by atoms with Gasteiger partial charge in [-0.1, -0.05) is 12.1 Å². The number of nitriles is 1. The van der Waals surface area contributed by atoms with E-state index in [1.165, 1.54) is 0 Å². The zero-order valence-corrected chi connectivity index (χ0v) is 14.8. The van der Waals surface area contributed by atoms with Crippen LogP contribution in [-0.2, 0) is 20.7 Å². The van der Waals surface area contributed by atoms with Crippen LogP contribution in [0.25, 0.3) is 10.2 Å². The number of ether oxygens (including phenoxy) is 1. The van der Waals surface area contributed by atoms with E-state index >= 15 is 0 Å². The highest BCUT2D eigenvalue weighted by molar-refractivity contribution is 7.18. The zero-order chi connectivity index (χ0) is 17.9. The van der Waals surface area contributed by atoms with Gasteiger partial charge in [0.25, 0.3) is 5.91 Å². The number of rotatable bonds is 7. The molecular weight excluding hydrogens is 338 g/mol. The fourth-order valence-electron chi connectivity index (χ4n) is 2.66. The van der Waals surface area contributed by atoms with Crippen molar-refractivity contribution in [1.29, 1.82) is 5.26 Å². The Morgan fingerprint density at radius 3 is 2.88 bits per heavy atom. The monoisotopic (exact) mass is 357 g/mol. The van der Waals surface area contributed by atoms with Crippen LogP contribution in [0.3, 0.4) is 0 Å². The van der Waals surface area contributed by atoms with Crippen molar-refractivity contribution < 1.29 is 14.3 Å². The van der Waals surface area contributed by atoms with E-state index in [2.05, 4.69) is 16.4 Å². The van der Waals surface area contributed by atoms with Gasteiger partial charge < -0.3 is 10.1 Å². The second-order valence-electron chi connectivity index (χ2n) is 6.37. The van der Waals surface area contributed by atoms with Crippen molar-refractivity contribution in [2.45, 2.75) is 38.1 Å². The smallest absolute Gasteiger partial charge is 0.306 e. The first-order chi connectivity index (χ1) is 12.0. The van der Waals surface area contributed by atoms with Gasteiger partial charge in [0.15, 0.2) is 6.61 Å². The van der Waals surface area contributed by atoms with E-state index in [0.29, 0.717) is 6.42 Å². The van der Waals surface area contributed by atoms with Crippen LogP contribution in [0.15, 0.2) is 24.3 Å². The lowest BCUT2D eigenvalue weighted by atomic mass is 9.98. The van der Waals surface area contributed by atoms with Crippen LogP contribution in [0.4, 0.5) is 0 Å². The van der Waals surface area contributed by atoms with E-state index in [1.54, 1.807) is 18.3 Å². The summed E-state index contributed by atoms with van der Waals surface area (Å²) in [6, 6.07) is 9.94. The standard InChI is InChI=1S/C18H19N3O3S/c1-18(11-19,12-6-7-12)21-15(22)10-24-17(23)9-8-16-20-13-4-2-3-5-14(13)25-16/h2-5,12H,6-10H2,1H3,(H,21,22)/t18-/m0/s1. The lowest BCUT2D eigenvalue weighted by Crippen LogP contribution is -2.48. The number of carbonyl (C=O) groups is 2. The van der Waals surface area contributed by atoms with Crippen molar-refractivity contribution in [1.82, 2.24) is 10.3 Å². The molecule has 1 saturated carbocycles. The maximum atomic E-state index is 11.9. The Balaban J connectivity index is 1.43. The highest BCUT2D eigenvalue weighted by atomic mass is 32.1. The average molecular weight is 357 g/mol. The molecule has 6 nitrogen and oxygen atoms in total. The van der Waals surface area contributed by atoms with E-state index in [-0.39, 0.29) is 18.9 Å². The third kappa shape index (κ3) is 4.34. The molecule has 7 heteroatoms. The van der Waals surface area contributed by atoms with Gasteiger partial charge in [-0.3, -0.25) is 9.59 Å². The second kappa shape index (κ2) is 7.19. The molecule has 1 fully saturated rings.